The molecule has 11 amide bonds. The molecule has 130 heavy (non-hydrogen) atoms. The summed E-state index contributed by atoms with van der Waals surface area (Å²) in [4.78, 5) is 165. The van der Waals surface area contributed by atoms with Crippen LogP contribution in [0.1, 0.15) is 150 Å². The highest BCUT2D eigenvalue weighted by Gasteiger charge is 2.41. The fourth-order valence-electron chi connectivity index (χ4n) is 14.6. The zero-order valence-corrected chi connectivity index (χ0v) is 75.9. The van der Waals surface area contributed by atoms with Crippen molar-refractivity contribution in [1.82, 2.24) is 100.0 Å². The Labute approximate surface area is 760 Å². The standard InChI is InChI=1S/C85H116ClN25O18S/c1-54-55(2)130-83-72(54)73(57-9-11-58(86)12-10-57)97-62(74-104-103-56(3)111(74)83)49-71(116)94-59-16-29-110(30-17-59)32-36-126-40-44-129-46-45-127-41-37-123-33-18-70(115)102-85(19-24-87-25-20-85)84(122)93-28-35-125-39-43-128-42-38-124-34-27-88-67(112)13-21-92-80(119)76-100-65(52-108(76)7)98-68(113)14-22-91-79(118)64-48-61(51-107(64)6)96-82(121)77-101-66(53-109(77)8)99-69(114)15-23-90-78(117)63-47-60(50-106(63)5)95-81(120)75-89-26-31-105(75)4/h9-12,26,31,47-48,50-53,59,62,87H,13-25,27-30,32-46,49H2,1-8H3,(H,88,112)(H,90,117)(H,91,118)(H,92,119)(H,93,122)(H,94,116)(H,95,120)(H,96,121)(H,98,113)(H,99,114)(H,102,115)/t62-/m0/s1. The summed E-state index contributed by atoms with van der Waals surface area (Å²) in [7, 11) is 8.02. The minimum atomic E-state index is -1.06. The van der Waals surface area contributed by atoms with Crippen LogP contribution < -0.4 is 63.8 Å². The van der Waals surface area contributed by atoms with E-state index in [0.29, 0.717) is 82.1 Å². The molecular formula is C85H116ClN25O18S. The minimum Gasteiger partial charge on any atom is -0.379 e. The maximum atomic E-state index is 13.7. The molecule has 45 heteroatoms. The van der Waals surface area contributed by atoms with Crippen LogP contribution in [0.5, 0.6) is 0 Å². The number of aromatic nitrogens is 11. The number of hydrogen-bond donors (Lipinski definition) is 12. The zero-order chi connectivity index (χ0) is 92.6. The zero-order valence-electron chi connectivity index (χ0n) is 74.4. The molecule has 2 saturated heterocycles. The van der Waals surface area contributed by atoms with Crippen LogP contribution in [0.15, 0.2) is 78.6 Å². The van der Waals surface area contributed by atoms with E-state index in [4.69, 9.17) is 49.8 Å². The number of carbonyl (C=O) groups excluding carboxylic acids is 11. The summed E-state index contributed by atoms with van der Waals surface area (Å²) < 4.78 is 49.1. The number of rotatable bonds is 51. The number of nitrogens with one attached hydrogen (secondary N) is 12. The second-order valence-corrected chi connectivity index (χ2v) is 32.9. The second-order valence-electron chi connectivity index (χ2n) is 31.3. The smallest absolute Gasteiger partial charge is 0.291 e. The van der Waals surface area contributed by atoms with Gasteiger partial charge in [-0.25, -0.2) is 15.0 Å². The number of amides is 11. The highest BCUT2D eigenvalue weighted by atomic mass is 35.5. The molecule has 43 nitrogen and oxygen atoms in total. The molecule has 0 saturated carbocycles. The molecule has 1 atom stereocenters. The molecule has 11 rings (SSSR count). The molecule has 0 unspecified atom stereocenters. The van der Waals surface area contributed by atoms with Crippen molar-refractivity contribution in [2.75, 3.05) is 179 Å². The molecule has 2 fully saturated rings. The summed E-state index contributed by atoms with van der Waals surface area (Å²) in [5.74, 6) is -3.01. The molecule has 702 valence electrons. The van der Waals surface area contributed by atoms with Crippen LogP contribution in [0.4, 0.5) is 23.0 Å². The first-order valence-corrected chi connectivity index (χ1v) is 44.3. The van der Waals surface area contributed by atoms with Gasteiger partial charge in [0.1, 0.15) is 33.8 Å². The van der Waals surface area contributed by atoms with Crippen molar-refractivity contribution in [3.8, 4) is 5.00 Å². The maximum Gasteiger partial charge on any atom is 0.291 e. The number of aliphatic imine (C=N–C) groups is 1. The molecule has 10 heterocycles. The third-order valence-corrected chi connectivity index (χ3v) is 23.0. The molecule has 7 aromatic heterocycles. The summed E-state index contributed by atoms with van der Waals surface area (Å²) in [5.41, 5.74) is 3.87. The van der Waals surface area contributed by atoms with Gasteiger partial charge in [0.25, 0.3) is 29.5 Å². The van der Waals surface area contributed by atoms with Gasteiger partial charge in [-0.15, -0.1) is 21.5 Å². The number of likely N-dealkylation sites (tertiary alicyclic amines) is 1. The fraction of sp³-hybridized carbons (Fsp3) is 0.518. The van der Waals surface area contributed by atoms with E-state index in [9.17, 15) is 52.7 Å². The lowest BCUT2D eigenvalue weighted by Gasteiger charge is -2.37. The predicted octanol–water partition coefficient (Wildman–Crippen LogP) is 2.47. The third kappa shape index (κ3) is 28.8. The molecule has 0 radical (unpaired) electrons. The monoisotopic (exact) mass is 1840 g/mol. The maximum absolute atomic E-state index is 13.7. The highest BCUT2D eigenvalue weighted by Crippen LogP contribution is 2.40. The minimum absolute atomic E-state index is 0.00242. The van der Waals surface area contributed by atoms with Crippen LogP contribution in [0.25, 0.3) is 5.00 Å². The normalized spacial score (nSPS) is 14.3. The number of hydrogen-bond acceptors (Lipinski definition) is 27. The molecule has 1 aromatic carbocycles. The van der Waals surface area contributed by atoms with Crippen LogP contribution in [0.2, 0.25) is 5.02 Å². The number of carbonyl (C=O) groups is 11. The van der Waals surface area contributed by atoms with E-state index in [1.165, 1.54) is 60.1 Å². The number of piperidine rings is 2. The fourth-order valence-corrected chi connectivity index (χ4v) is 15.9. The number of halogens is 1. The quantitative estimate of drug-likeness (QED) is 0.0244. The van der Waals surface area contributed by atoms with Crippen molar-refractivity contribution in [2.45, 2.75) is 96.2 Å². The Morgan fingerprint density at radius 2 is 1.02 bits per heavy atom. The number of nitrogens with zero attached hydrogens (tertiary/aromatic N) is 13. The Bertz CT molecular complexity index is 5250. The Morgan fingerprint density at radius 1 is 0.515 bits per heavy atom. The van der Waals surface area contributed by atoms with Gasteiger partial charge in [0.15, 0.2) is 23.3 Å². The number of ether oxygens (including phenoxy) is 7. The summed E-state index contributed by atoms with van der Waals surface area (Å²) in [6, 6.07) is 10.1. The number of benzene rings is 1. The van der Waals surface area contributed by atoms with Gasteiger partial charge in [-0.1, -0.05) is 23.7 Å². The van der Waals surface area contributed by atoms with Gasteiger partial charge in [-0.2, -0.15) is 0 Å². The van der Waals surface area contributed by atoms with Crippen LogP contribution in [-0.2, 0) is 97.2 Å². The van der Waals surface area contributed by atoms with Crippen LogP contribution in [0, 0.1) is 20.8 Å². The van der Waals surface area contributed by atoms with E-state index in [0.717, 1.165) is 65.7 Å². The van der Waals surface area contributed by atoms with Gasteiger partial charge in [-0.05, 0) is 89.4 Å². The number of fused-ring (bicyclic) bond motifs is 3. The van der Waals surface area contributed by atoms with Gasteiger partial charge in [-0.3, -0.25) is 62.3 Å². The molecule has 0 spiro atoms. The second kappa shape index (κ2) is 49.1. The van der Waals surface area contributed by atoms with Crippen LogP contribution in [0.3, 0.4) is 0 Å². The van der Waals surface area contributed by atoms with Gasteiger partial charge in [0, 0.05) is 178 Å². The average Bonchev–Trinajstić information content (AvgIpc) is 1.59. The average molecular weight is 1840 g/mol. The summed E-state index contributed by atoms with van der Waals surface area (Å²) in [6.07, 6.45) is 11.5. The van der Waals surface area contributed by atoms with Crippen molar-refractivity contribution in [1.29, 1.82) is 0 Å². The predicted molar refractivity (Wildman–Crippen MR) is 479 cm³/mol. The summed E-state index contributed by atoms with van der Waals surface area (Å²) in [6.45, 7) is 14.6. The van der Waals surface area contributed by atoms with Gasteiger partial charge in [0.2, 0.25) is 47.1 Å². The first-order chi connectivity index (χ1) is 62.7. The number of imidazole rings is 3. The van der Waals surface area contributed by atoms with Crippen molar-refractivity contribution in [3.63, 3.8) is 0 Å². The molecular weight excluding hydrogens is 1730 g/mol. The van der Waals surface area contributed by atoms with Crippen molar-refractivity contribution in [3.05, 3.63) is 141 Å². The number of anilines is 4. The lowest BCUT2D eigenvalue weighted by Crippen LogP contribution is -2.63. The van der Waals surface area contributed by atoms with Gasteiger partial charge < -0.3 is 125 Å². The first-order valence-electron chi connectivity index (χ1n) is 43.1. The largest absolute Gasteiger partial charge is 0.379 e. The molecule has 3 aliphatic heterocycles. The number of thiophene rings is 1. The van der Waals surface area contributed by atoms with Crippen molar-refractivity contribution in [2.24, 2.45) is 40.2 Å². The van der Waals surface area contributed by atoms with Crippen molar-refractivity contribution >= 4 is 117 Å². The van der Waals surface area contributed by atoms with Gasteiger partial charge in [0.05, 0.1) is 116 Å². The summed E-state index contributed by atoms with van der Waals surface area (Å²) in [5, 5.41) is 44.3. The molecule has 0 aliphatic carbocycles. The molecule has 12 N–H and O–H groups in total. The van der Waals surface area contributed by atoms with E-state index in [2.05, 4.69) is 112 Å². The third-order valence-electron chi connectivity index (χ3n) is 21.6. The van der Waals surface area contributed by atoms with E-state index in [1.54, 1.807) is 63.5 Å². The molecule has 8 aromatic rings. The number of aryl methyl sites for hydroxylation is 7. The summed E-state index contributed by atoms with van der Waals surface area (Å²) >= 11 is 7.96. The highest BCUT2D eigenvalue weighted by molar-refractivity contribution is 7.15. The van der Waals surface area contributed by atoms with E-state index < -0.39 is 52.9 Å². The molecule has 3 aliphatic rings. The van der Waals surface area contributed by atoms with E-state index >= 15 is 0 Å². The Balaban J connectivity index is 0.449. The topological polar surface area (TPSA) is 506 Å². The van der Waals surface area contributed by atoms with Crippen LogP contribution >= 0.6 is 22.9 Å². The SMILES string of the molecule is Cc1sc2c(c1C)C(c1ccc(Cl)cc1)=N[C@@H](CC(=O)NC1CCN(CCOCCOCCOCCOCCC(=O)NC3(C(=O)NCCOCCOCCOCCNC(=O)CCNC(=O)c4nc(NC(=O)CCNC(=O)c5cc(NC(=O)c6nc(NC(=O)CCNC(=O)c7cc(NC(=O)c8nccn8C)cn7C)cn6C)cn5C)cn4C)CCNCC3)CC1)c1nnc(C)n1-2. The lowest BCUT2D eigenvalue weighted by molar-refractivity contribution is -0.135. The first kappa shape index (κ1) is 98.6. The molecule has 0 bridgehead atoms. The van der Waals surface area contributed by atoms with Crippen LogP contribution in [-0.4, -0.2) is 298 Å². The van der Waals surface area contributed by atoms with Crippen molar-refractivity contribution < 1.29 is 85.9 Å². The lowest BCUT2D eigenvalue weighted by atomic mass is 9.87. The van der Waals surface area contributed by atoms with Gasteiger partial charge >= 0.3 is 0 Å². The Kier molecular flexibility index (Phi) is 37.3. The van der Waals surface area contributed by atoms with E-state index in [-0.39, 0.29) is 194 Å². The van der Waals surface area contributed by atoms with E-state index in [1.807, 2.05) is 31.2 Å². The Hall–Kier alpha value is -12.0. The Morgan fingerprint density at radius 3 is 1.58 bits per heavy atom.